The number of hydrogen-bond donors (Lipinski definition) is 2. The molecule has 1 saturated heterocycles. The predicted molar refractivity (Wildman–Crippen MR) is 65.6 cm³/mol. The third kappa shape index (κ3) is 2.25. The summed E-state index contributed by atoms with van der Waals surface area (Å²) in [6, 6.07) is 3.29. The number of amides is 2. The first-order chi connectivity index (χ1) is 8.63. The Morgan fingerprint density at radius 1 is 1.50 bits per heavy atom. The van der Waals surface area contributed by atoms with Crippen molar-refractivity contribution < 1.29 is 9.59 Å². The summed E-state index contributed by atoms with van der Waals surface area (Å²) in [6.45, 7) is 1.14. The molecule has 7 nitrogen and oxygen atoms in total. The van der Waals surface area contributed by atoms with E-state index in [-0.39, 0.29) is 18.4 Å². The maximum atomic E-state index is 12.3. The Morgan fingerprint density at radius 2 is 2.28 bits per heavy atom. The van der Waals surface area contributed by atoms with E-state index in [1.165, 1.54) is 4.90 Å². The fourth-order valence-corrected chi connectivity index (χ4v) is 1.80. The molecule has 1 aliphatic rings. The van der Waals surface area contributed by atoms with E-state index in [0.29, 0.717) is 24.5 Å². The summed E-state index contributed by atoms with van der Waals surface area (Å²) in [5, 5.41) is 0. The van der Waals surface area contributed by atoms with Gasteiger partial charge in [-0.3, -0.25) is 9.59 Å². The zero-order chi connectivity index (χ0) is 13.1. The standard InChI is InChI=1S/C11H15N5O2/c1-15-5-6-16(7-9(15)17)11(18)8-3-2-4-13-10(8)14-12/h2-4H,5-7,12H2,1H3,(H,13,14). The molecule has 2 heterocycles. The Morgan fingerprint density at radius 3 is 2.94 bits per heavy atom. The minimum absolute atomic E-state index is 0.0688. The van der Waals surface area contributed by atoms with Crippen LogP contribution >= 0.6 is 0 Å². The Bertz CT molecular complexity index is 476. The number of likely N-dealkylation sites (N-methyl/N-ethyl adjacent to an activating group) is 1. The zero-order valence-electron chi connectivity index (χ0n) is 10.1. The van der Waals surface area contributed by atoms with Gasteiger partial charge >= 0.3 is 0 Å². The monoisotopic (exact) mass is 249 g/mol. The van der Waals surface area contributed by atoms with Crippen LogP contribution < -0.4 is 11.3 Å². The van der Waals surface area contributed by atoms with E-state index in [4.69, 9.17) is 5.84 Å². The fraction of sp³-hybridized carbons (Fsp3) is 0.364. The molecule has 3 N–H and O–H groups in total. The van der Waals surface area contributed by atoms with Gasteiger partial charge in [0.15, 0.2) is 5.82 Å². The number of hydrazine groups is 1. The molecule has 0 saturated carbocycles. The number of carbonyl (C=O) groups excluding carboxylic acids is 2. The first-order valence-corrected chi connectivity index (χ1v) is 5.58. The van der Waals surface area contributed by atoms with Crippen LogP contribution in [0.3, 0.4) is 0 Å². The first-order valence-electron chi connectivity index (χ1n) is 5.58. The minimum atomic E-state index is -0.238. The lowest BCUT2D eigenvalue weighted by molar-refractivity contribution is -0.133. The number of hydrogen-bond acceptors (Lipinski definition) is 5. The molecular weight excluding hydrogens is 234 g/mol. The lowest BCUT2D eigenvalue weighted by atomic mass is 10.2. The Labute approximate surface area is 105 Å². The second-order valence-corrected chi connectivity index (χ2v) is 4.09. The van der Waals surface area contributed by atoms with Gasteiger partial charge in [0, 0.05) is 26.3 Å². The highest BCUT2D eigenvalue weighted by atomic mass is 16.2. The van der Waals surface area contributed by atoms with Crippen LogP contribution in [-0.4, -0.2) is 53.3 Å². The lowest BCUT2D eigenvalue weighted by Crippen LogP contribution is -2.50. The largest absolute Gasteiger partial charge is 0.342 e. The second-order valence-electron chi connectivity index (χ2n) is 4.09. The van der Waals surface area contributed by atoms with Crippen molar-refractivity contribution in [3.8, 4) is 0 Å². The summed E-state index contributed by atoms with van der Waals surface area (Å²) in [4.78, 5) is 30.9. The molecule has 1 aromatic rings. The average Bonchev–Trinajstić information content (AvgIpc) is 2.41. The van der Waals surface area contributed by atoms with Crippen molar-refractivity contribution in [2.75, 3.05) is 32.1 Å². The number of nitrogens with two attached hydrogens (primary N) is 1. The van der Waals surface area contributed by atoms with Crippen molar-refractivity contribution in [3.63, 3.8) is 0 Å². The normalized spacial score (nSPS) is 15.8. The first kappa shape index (κ1) is 12.3. The summed E-state index contributed by atoms with van der Waals surface area (Å²) in [5.41, 5.74) is 2.75. The molecular formula is C11H15N5O2. The van der Waals surface area contributed by atoms with Crippen LogP contribution in [0, 0.1) is 0 Å². The fourth-order valence-electron chi connectivity index (χ4n) is 1.80. The van der Waals surface area contributed by atoms with E-state index in [9.17, 15) is 9.59 Å². The Kier molecular flexibility index (Phi) is 3.42. The van der Waals surface area contributed by atoms with Gasteiger partial charge in [-0.2, -0.15) is 0 Å². The van der Waals surface area contributed by atoms with Gasteiger partial charge in [-0.25, -0.2) is 10.8 Å². The van der Waals surface area contributed by atoms with Crippen LogP contribution in [0.2, 0.25) is 0 Å². The van der Waals surface area contributed by atoms with E-state index in [1.807, 2.05) is 0 Å². The number of nitrogens with one attached hydrogen (secondary N) is 1. The molecule has 0 aliphatic carbocycles. The van der Waals surface area contributed by atoms with Crippen molar-refractivity contribution >= 4 is 17.6 Å². The summed E-state index contributed by atoms with van der Waals surface area (Å²) < 4.78 is 0. The number of anilines is 1. The average molecular weight is 249 g/mol. The number of nitrogen functional groups attached to an aromatic ring is 1. The Hall–Kier alpha value is -2.15. The summed E-state index contributed by atoms with van der Waals surface area (Å²) in [5.74, 6) is 5.32. The highest BCUT2D eigenvalue weighted by Gasteiger charge is 2.26. The van der Waals surface area contributed by atoms with Gasteiger partial charge in [0.05, 0.1) is 5.56 Å². The molecule has 0 radical (unpaired) electrons. The topological polar surface area (TPSA) is 91.6 Å². The van der Waals surface area contributed by atoms with E-state index in [2.05, 4.69) is 10.4 Å². The van der Waals surface area contributed by atoms with Gasteiger partial charge in [-0.1, -0.05) is 0 Å². The van der Waals surface area contributed by atoms with Crippen molar-refractivity contribution in [1.29, 1.82) is 0 Å². The molecule has 0 atom stereocenters. The molecule has 96 valence electrons. The van der Waals surface area contributed by atoms with Crippen molar-refractivity contribution in [2.45, 2.75) is 0 Å². The van der Waals surface area contributed by atoms with Crippen molar-refractivity contribution in [3.05, 3.63) is 23.9 Å². The maximum Gasteiger partial charge on any atom is 0.258 e. The van der Waals surface area contributed by atoms with E-state index in [0.717, 1.165) is 0 Å². The molecule has 2 amide bonds. The van der Waals surface area contributed by atoms with Crippen LogP contribution in [0.15, 0.2) is 18.3 Å². The van der Waals surface area contributed by atoms with E-state index in [1.54, 1.807) is 30.3 Å². The number of piperazine rings is 1. The van der Waals surface area contributed by atoms with Gasteiger partial charge in [0.25, 0.3) is 5.91 Å². The predicted octanol–water partition coefficient (Wildman–Crippen LogP) is -0.719. The maximum absolute atomic E-state index is 12.3. The second kappa shape index (κ2) is 5.01. The molecule has 1 aromatic heterocycles. The molecule has 0 unspecified atom stereocenters. The highest BCUT2D eigenvalue weighted by molar-refractivity contribution is 6.00. The Balaban J connectivity index is 2.19. The molecule has 1 aliphatic heterocycles. The van der Waals surface area contributed by atoms with E-state index >= 15 is 0 Å². The summed E-state index contributed by atoms with van der Waals surface area (Å²) >= 11 is 0. The molecule has 1 fully saturated rings. The van der Waals surface area contributed by atoms with Crippen LogP contribution in [0.25, 0.3) is 0 Å². The van der Waals surface area contributed by atoms with Crippen molar-refractivity contribution in [2.24, 2.45) is 5.84 Å². The molecule has 2 rings (SSSR count). The molecule has 0 spiro atoms. The number of aromatic nitrogens is 1. The SMILES string of the molecule is CN1CCN(C(=O)c2cccnc2NN)CC1=O. The van der Waals surface area contributed by atoms with Gasteiger partial charge in [-0.15, -0.1) is 0 Å². The van der Waals surface area contributed by atoms with Crippen LogP contribution in [-0.2, 0) is 4.79 Å². The van der Waals surface area contributed by atoms with Crippen LogP contribution in [0.1, 0.15) is 10.4 Å². The summed E-state index contributed by atoms with van der Waals surface area (Å²) in [7, 11) is 1.72. The van der Waals surface area contributed by atoms with Gasteiger partial charge in [-0.05, 0) is 12.1 Å². The number of pyridine rings is 1. The smallest absolute Gasteiger partial charge is 0.258 e. The summed E-state index contributed by atoms with van der Waals surface area (Å²) in [6.07, 6.45) is 1.54. The lowest BCUT2D eigenvalue weighted by Gasteiger charge is -2.32. The molecule has 0 aromatic carbocycles. The van der Waals surface area contributed by atoms with Crippen LogP contribution in [0.4, 0.5) is 5.82 Å². The zero-order valence-corrected chi connectivity index (χ0v) is 10.1. The van der Waals surface area contributed by atoms with Crippen LogP contribution in [0.5, 0.6) is 0 Å². The third-order valence-corrected chi connectivity index (χ3v) is 2.92. The number of nitrogens with zero attached hydrogens (tertiary/aromatic N) is 3. The molecule has 7 heteroatoms. The molecule has 18 heavy (non-hydrogen) atoms. The van der Waals surface area contributed by atoms with Gasteiger partial charge in [0.2, 0.25) is 5.91 Å². The van der Waals surface area contributed by atoms with E-state index < -0.39 is 0 Å². The highest BCUT2D eigenvalue weighted by Crippen LogP contribution is 2.14. The molecule has 0 bridgehead atoms. The quantitative estimate of drug-likeness (QED) is 0.533. The third-order valence-electron chi connectivity index (χ3n) is 2.92. The van der Waals surface area contributed by atoms with Gasteiger partial charge < -0.3 is 15.2 Å². The number of rotatable bonds is 2. The number of carbonyl (C=O) groups is 2. The minimum Gasteiger partial charge on any atom is -0.342 e. The van der Waals surface area contributed by atoms with Crippen molar-refractivity contribution in [1.82, 2.24) is 14.8 Å². The van der Waals surface area contributed by atoms with Gasteiger partial charge in [0.1, 0.15) is 6.54 Å².